The smallest absolute Gasteiger partial charge is 0.211 e. The summed E-state index contributed by atoms with van der Waals surface area (Å²) < 4.78 is 0. The van der Waals surface area contributed by atoms with Gasteiger partial charge in [-0.05, 0) is 35.4 Å². The highest BCUT2D eigenvalue weighted by Crippen LogP contribution is 2.29. The Hall–Kier alpha value is -3.63. The van der Waals surface area contributed by atoms with E-state index in [0.717, 1.165) is 16.8 Å². The van der Waals surface area contributed by atoms with Crippen molar-refractivity contribution in [2.24, 2.45) is 0 Å². The Morgan fingerprint density at radius 3 is 2.10 bits per heavy atom. The van der Waals surface area contributed by atoms with Crippen molar-refractivity contribution in [3.05, 3.63) is 106 Å². The zero-order valence-electron chi connectivity index (χ0n) is 17.2. The number of Topliss-reactive ketones (excluding diaryl/α,β-unsaturated/α-hetero) is 2. The molecule has 0 saturated heterocycles. The molecular weight excluding hydrogens is 408 g/mol. The van der Waals surface area contributed by atoms with E-state index in [4.69, 9.17) is 11.6 Å². The van der Waals surface area contributed by atoms with Gasteiger partial charge in [-0.1, -0.05) is 72.3 Å². The Labute approximate surface area is 186 Å². The largest absolute Gasteiger partial charge is 0.378 e. The minimum absolute atomic E-state index is 0.0920. The minimum atomic E-state index is -0.350. The number of hydrogen-bond acceptors (Lipinski definition) is 4. The molecule has 0 saturated carbocycles. The van der Waals surface area contributed by atoms with Crippen LogP contribution in [0.1, 0.15) is 31.8 Å². The molecule has 4 rings (SSSR count). The normalized spacial score (nSPS) is 13.5. The van der Waals surface area contributed by atoms with Crippen LogP contribution in [0.4, 0.5) is 11.4 Å². The fourth-order valence-electron chi connectivity index (χ4n) is 3.40. The number of nitrogens with zero attached hydrogens (tertiary/aromatic N) is 1. The molecule has 5 heteroatoms. The van der Waals surface area contributed by atoms with Crippen LogP contribution in [-0.4, -0.2) is 25.7 Å². The van der Waals surface area contributed by atoms with Crippen molar-refractivity contribution >= 4 is 46.7 Å². The van der Waals surface area contributed by atoms with Crippen LogP contribution in [-0.2, 0) is 0 Å². The predicted octanol–water partition coefficient (Wildman–Crippen LogP) is 5.86. The molecule has 0 heterocycles. The molecule has 3 aromatic carbocycles. The highest BCUT2D eigenvalue weighted by molar-refractivity contribution is 6.50. The van der Waals surface area contributed by atoms with E-state index in [0.29, 0.717) is 16.8 Å². The third kappa shape index (κ3) is 4.30. The number of allylic oxidation sites excluding steroid dienone is 2. The number of nitrogens with one attached hydrogen (secondary N) is 1. The first-order valence-electron chi connectivity index (χ1n) is 9.85. The van der Waals surface area contributed by atoms with Crippen LogP contribution in [0, 0.1) is 0 Å². The first-order chi connectivity index (χ1) is 14.9. The number of fused-ring (bicyclic) bond motifs is 1. The van der Waals surface area contributed by atoms with Gasteiger partial charge in [0.25, 0.3) is 0 Å². The molecule has 0 amide bonds. The Balaban J connectivity index is 1.56. The van der Waals surface area contributed by atoms with Crippen molar-refractivity contribution in [2.45, 2.75) is 0 Å². The van der Waals surface area contributed by atoms with Gasteiger partial charge in [-0.25, -0.2) is 0 Å². The number of carbonyl (C=O) groups excluding carboxylic acids is 2. The highest BCUT2D eigenvalue weighted by atomic mass is 35.5. The summed E-state index contributed by atoms with van der Waals surface area (Å²) >= 11 is 6.25. The highest BCUT2D eigenvalue weighted by Gasteiger charge is 2.31. The third-order valence-electron chi connectivity index (χ3n) is 5.10. The zero-order chi connectivity index (χ0) is 22.0. The summed E-state index contributed by atoms with van der Waals surface area (Å²) in [5.74, 6) is -0.640. The average molecular weight is 429 g/mol. The second-order valence-corrected chi connectivity index (χ2v) is 7.84. The zero-order valence-corrected chi connectivity index (χ0v) is 18.0. The standard InChI is InChI=1S/C26H21ClN2O2/c1-29(2)20-14-12-17(13-15-20)10-11-18-6-5-7-19(16-18)28-24-23(27)25(30)21-8-3-4-9-22(21)26(24)31/h3-16,28H,1-2H3/b11-10+. The molecule has 0 fully saturated rings. The van der Waals surface area contributed by atoms with E-state index in [1.807, 2.05) is 50.5 Å². The quantitative estimate of drug-likeness (QED) is 0.517. The van der Waals surface area contributed by atoms with E-state index in [1.54, 1.807) is 24.3 Å². The SMILES string of the molecule is CN(C)c1ccc(/C=C/c2cccc(NC3=C(Cl)C(=O)c4ccccc4C3=O)c2)cc1. The Morgan fingerprint density at radius 2 is 1.42 bits per heavy atom. The topological polar surface area (TPSA) is 49.4 Å². The number of carbonyl (C=O) groups is 2. The fourth-order valence-corrected chi connectivity index (χ4v) is 3.63. The summed E-state index contributed by atoms with van der Waals surface area (Å²) in [7, 11) is 4.02. The van der Waals surface area contributed by atoms with Gasteiger partial charge in [0.2, 0.25) is 11.6 Å². The lowest BCUT2D eigenvalue weighted by Gasteiger charge is -2.19. The van der Waals surface area contributed by atoms with Crippen molar-refractivity contribution < 1.29 is 9.59 Å². The molecule has 31 heavy (non-hydrogen) atoms. The van der Waals surface area contributed by atoms with Crippen LogP contribution < -0.4 is 10.2 Å². The summed E-state index contributed by atoms with van der Waals surface area (Å²) in [6.45, 7) is 0. The molecule has 0 spiro atoms. The molecule has 0 bridgehead atoms. The minimum Gasteiger partial charge on any atom is -0.378 e. The molecule has 4 nitrogen and oxygen atoms in total. The van der Waals surface area contributed by atoms with E-state index < -0.39 is 0 Å². The van der Waals surface area contributed by atoms with Crippen LogP contribution >= 0.6 is 11.6 Å². The van der Waals surface area contributed by atoms with E-state index in [9.17, 15) is 9.59 Å². The van der Waals surface area contributed by atoms with E-state index in [2.05, 4.69) is 34.5 Å². The predicted molar refractivity (Wildman–Crippen MR) is 128 cm³/mol. The van der Waals surface area contributed by atoms with E-state index in [1.165, 1.54) is 0 Å². The van der Waals surface area contributed by atoms with Gasteiger partial charge in [0, 0.05) is 36.6 Å². The first kappa shape index (κ1) is 20.6. The molecule has 0 atom stereocenters. The third-order valence-corrected chi connectivity index (χ3v) is 5.46. The van der Waals surface area contributed by atoms with Crippen molar-refractivity contribution in [2.75, 3.05) is 24.3 Å². The summed E-state index contributed by atoms with van der Waals surface area (Å²) in [5.41, 5.74) is 4.65. The number of hydrogen-bond donors (Lipinski definition) is 1. The van der Waals surface area contributed by atoms with E-state index >= 15 is 0 Å². The summed E-state index contributed by atoms with van der Waals surface area (Å²) in [4.78, 5) is 27.5. The van der Waals surface area contributed by atoms with Crippen LogP contribution in [0.5, 0.6) is 0 Å². The summed E-state index contributed by atoms with van der Waals surface area (Å²) in [6.07, 6.45) is 4.02. The van der Waals surface area contributed by atoms with Gasteiger partial charge >= 0.3 is 0 Å². The number of halogens is 1. The van der Waals surface area contributed by atoms with Crippen molar-refractivity contribution in [3.63, 3.8) is 0 Å². The van der Waals surface area contributed by atoms with Gasteiger partial charge in [0.15, 0.2) is 0 Å². The van der Waals surface area contributed by atoms with Crippen LogP contribution in [0.3, 0.4) is 0 Å². The lowest BCUT2D eigenvalue weighted by molar-refractivity contribution is 0.0982. The monoisotopic (exact) mass is 428 g/mol. The second kappa shape index (κ2) is 8.62. The number of rotatable bonds is 5. The number of benzene rings is 3. The second-order valence-electron chi connectivity index (χ2n) is 7.46. The van der Waals surface area contributed by atoms with Gasteiger partial charge in [-0.2, -0.15) is 0 Å². The van der Waals surface area contributed by atoms with Gasteiger partial charge in [-0.3, -0.25) is 9.59 Å². The molecule has 1 aliphatic rings. The molecule has 1 aliphatic carbocycles. The fraction of sp³-hybridized carbons (Fsp3) is 0.0769. The molecule has 1 N–H and O–H groups in total. The van der Waals surface area contributed by atoms with Gasteiger partial charge < -0.3 is 10.2 Å². The Morgan fingerprint density at radius 1 is 0.774 bits per heavy atom. The van der Waals surface area contributed by atoms with Gasteiger partial charge in [0.05, 0.1) is 0 Å². The molecule has 0 aromatic heterocycles. The maximum absolute atomic E-state index is 12.9. The Kier molecular flexibility index (Phi) is 5.74. The van der Waals surface area contributed by atoms with Crippen LogP contribution in [0.2, 0.25) is 0 Å². The lowest BCUT2D eigenvalue weighted by Crippen LogP contribution is -2.24. The van der Waals surface area contributed by atoms with E-state index in [-0.39, 0.29) is 22.3 Å². The molecular formula is C26H21ClN2O2. The van der Waals surface area contributed by atoms with Crippen molar-refractivity contribution in [1.82, 2.24) is 0 Å². The summed E-state index contributed by atoms with van der Waals surface area (Å²) in [5, 5.41) is 2.96. The van der Waals surface area contributed by atoms with Gasteiger partial charge in [-0.15, -0.1) is 0 Å². The van der Waals surface area contributed by atoms with Gasteiger partial charge in [0.1, 0.15) is 10.7 Å². The van der Waals surface area contributed by atoms with Crippen LogP contribution in [0.25, 0.3) is 12.2 Å². The first-order valence-corrected chi connectivity index (χ1v) is 10.2. The van der Waals surface area contributed by atoms with Crippen LogP contribution in [0.15, 0.2) is 83.5 Å². The molecule has 0 aliphatic heterocycles. The number of anilines is 2. The molecule has 0 unspecified atom stereocenters. The maximum Gasteiger partial charge on any atom is 0.211 e. The Bertz CT molecular complexity index is 1220. The lowest BCUT2D eigenvalue weighted by atomic mass is 9.92. The summed E-state index contributed by atoms with van der Waals surface area (Å²) in [6, 6.07) is 22.5. The number of ketones is 2. The maximum atomic E-state index is 12.9. The molecule has 3 aromatic rings. The van der Waals surface area contributed by atoms with Crippen molar-refractivity contribution in [3.8, 4) is 0 Å². The van der Waals surface area contributed by atoms with Crippen molar-refractivity contribution in [1.29, 1.82) is 0 Å². The molecule has 0 radical (unpaired) electrons. The average Bonchev–Trinajstić information content (AvgIpc) is 2.79. The molecule has 154 valence electrons.